The molecule has 22 heavy (non-hydrogen) atoms. The Kier molecular flexibility index (Phi) is 4.84. The number of hydrogen-bond acceptors (Lipinski definition) is 5. The molecule has 0 spiro atoms. The zero-order chi connectivity index (χ0) is 15.5. The molecule has 2 heterocycles. The minimum Gasteiger partial charge on any atom is -0.287 e. The lowest BCUT2D eigenvalue weighted by Gasteiger charge is -2.12. The van der Waals surface area contributed by atoms with Gasteiger partial charge in [0, 0.05) is 23.6 Å². The molecule has 116 valence electrons. The Morgan fingerprint density at radius 3 is 3.00 bits per heavy atom. The number of nitriles is 1. The van der Waals surface area contributed by atoms with E-state index in [4.69, 9.17) is 10.2 Å². The molecule has 4 nitrogen and oxygen atoms in total. The molecule has 3 rings (SSSR count). The fourth-order valence-corrected chi connectivity index (χ4v) is 5.23. The van der Waals surface area contributed by atoms with Gasteiger partial charge in [-0.25, -0.2) is 4.98 Å². The molecular formula is C16H19N3OS2. The number of thiophene rings is 1. The SMILES string of the molecule is CCn1c(SCCCC#N)nc2sc3c(c2c1=O)CCCC3. The second kappa shape index (κ2) is 6.84. The van der Waals surface area contributed by atoms with Gasteiger partial charge in [-0.3, -0.25) is 9.36 Å². The van der Waals surface area contributed by atoms with E-state index < -0.39 is 0 Å². The van der Waals surface area contributed by atoms with Crippen LogP contribution in [0, 0.1) is 11.3 Å². The quantitative estimate of drug-likeness (QED) is 0.475. The van der Waals surface area contributed by atoms with Gasteiger partial charge < -0.3 is 0 Å². The summed E-state index contributed by atoms with van der Waals surface area (Å²) in [4.78, 5) is 19.9. The van der Waals surface area contributed by atoms with Gasteiger partial charge in [0.05, 0.1) is 11.5 Å². The molecule has 1 aliphatic rings. The van der Waals surface area contributed by atoms with Crippen molar-refractivity contribution in [1.29, 1.82) is 5.26 Å². The highest BCUT2D eigenvalue weighted by atomic mass is 32.2. The van der Waals surface area contributed by atoms with Gasteiger partial charge in [-0.15, -0.1) is 11.3 Å². The van der Waals surface area contributed by atoms with Crippen LogP contribution in [0.1, 0.15) is 43.0 Å². The Bertz CT molecular complexity index is 785. The highest BCUT2D eigenvalue weighted by molar-refractivity contribution is 7.99. The highest BCUT2D eigenvalue weighted by Crippen LogP contribution is 2.34. The topological polar surface area (TPSA) is 58.7 Å². The van der Waals surface area contributed by atoms with Gasteiger partial charge in [-0.1, -0.05) is 11.8 Å². The van der Waals surface area contributed by atoms with Crippen LogP contribution in [0.5, 0.6) is 0 Å². The fourth-order valence-electron chi connectivity index (χ4n) is 2.92. The van der Waals surface area contributed by atoms with Crippen LogP contribution in [0.3, 0.4) is 0 Å². The first-order chi connectivity index (χ1) is 10.8. The van der Waals surface area contributed by atoms with Crippen LogP contribution in [0.2, 0.25) is 0 Å². The zero-order valence-corrected chi connectivity index (χ0v) is 14.4. The maximum atomic E-state index is 12.9. The standard InChI is InChI=1S/C16H19N3OS2/c1-2-19-15(20)13-11-7-3-4-8-12(11)22-14(13)18-16(19)21-10-6-5-9-17/h2-8,10H2,1H3. The van der Waals surface area contributed by atoms with E-state index in [-0.39, 0.29) is 5.56 Å². The molecule has 2 aromatic heterocycles. The van der Waals surface area contributed by atoms with E-state index in [1.54, 1.807) is 27.7 Å². The number of hydrogen-bond donors (Lipinski definition) is 0. The first-order valence-electron chi connectivity index (χ1n) is 7.81. The Balaban J connectivity index is 2.03. The molecule has 2 aromatic rings. The average molecular weight is 333 g/mol. The second-order valence-corrected chi connectivity index (χ2v) is 7.59. The van der Waals surface area contributed by atoms with Gasteiger partial charge in [0.2, 0.25) is 0 Å². The molecule has 0 N–H and O–H groups in total. The van der Waals surface area contributed by atoms with E-state index in [0.29, 0.717) is 13.0 Å². The Hall–Kier alpha value is -1.32. The van der Waals surface area contributed by atoms with Gasteiger partial charge in [0.15, 0.2) is 5.16 Å². The largest absolute Gasteiger partial charge is 0.287 e. The van der Waals surface area contributed by atoms with Crippen molar-refractivity contribution in [2.75, 3.05) is 5.75 Å². The van der Waals surface area contributed by atoms with Crippen LogP contribution < -0.4 is 5.56 Å². The lowest BCUT2D eigenvalue weighted by molar-refractivity contribution is 0.633. The predicted octanol–water partition coefficient (Wildman–Crippen LogP) is 3.75. The molecule has 0 bridgehead atoms. The first-order valence-corrected chi connectivity index (χ1v) is 9.61. The van der Waals surface area contributed by atoms with Crippen LogP contribution in [0.25, 0.3) is 10.2 Å². The van der Waals surface area contributed by atoms with Crippen molar-refractivity contribution < 1.29 is 0 Å². The number of rotatable bonds is 5. The summed E-state index contributed by atoms with van der Waals surface area (Å²) in [7, 11) is 0. The van der Waals surface area contributed by atoms with Crippen LogP contribution >= 0.6 is 23.1 Å². The van der Waals surface area contributed by atoms with Crippen LogP contribution in [0.15, 0.2) is 9.95 Å². The molecule has 0 radical (unpaired) electrons. The molecule has 0 aliphatic heterocycles. The molecule has 0 fully saturated rings. The van der Waals surface area contributed by atoms with Crippen molar-refractivity contribution in [3.05, 3.63) is 20.8 Å². The summed E-state index contributed by atoms with van der Waals surface area (Å²) in [6, 6.07) is 2.16. The monoisotopic (exact) mass is 333 g/mol. The molecule has 0 unspecified atom stereocenters. The third-order valence-electron chi connectivity index (χ3n) is 4.02. The summed E-state index contributed by atoms with van der Waals surface area (Å²) >= 11 is 3.29. The predicted molar refractivity (Wildman–Crippen MR) is 91.8 cm³/mol. The van der Waals surface area contributed by atoms with E-state index in [0.717, 1.165) is 40.4 Å². The van der Waals surface area contributed by atoms with Crippen molar-refractivity contribution in [2.24, 2.45) is 0 Å². The van der Waals surface area contributed by atoms with E-state index in [1.807, 2.05) is 6.92 Å². The van der Waals surface area contributed by atoms with Gasteiger partial charge >= 0.3 is 0 Å². The summed E-state index contributed by atoms with van der Waals surface area (Å²) in [5.41, 5.74) is 1.38. The molecular weight excluding hydrogens is 314 g/mol. The number of aromatic nitrogens is 2. The summed E-state index contributed by atoms with van der Waals surface area (Å²) < 4.78 is 1.79. The van der Waals surface area contributed by atoms with Crippen LogP contribution in [-0.4, -0.2) is 15.3 Å². The number of thioether (sulfide) groups is 1. The van der Waals surface area contributed by atoms with Crippen LogP contribution in [-0.2, 0) is 19.4 Å². The molecule has 1 aliphatic carbocycles. The Labute approximate surface area is 138 Å². The zero-order valence-electron chi connectivity index (χ0n) is 12.7. The Morgan fingerprint density at radius 1 is 1.41 bits per heavy atom. The average Bonchev–Trinajstić information content (AvgIpc) is 2.90. The molecule has 6 heteroatoms. The number of unbranched alkanes of at least 4 members (excludes halogenated alkanes) is 1. The third-order valence-corrected chi connectivity index (χ3v) is 6.27. The summed E-state index contributed by atoms with van der Waals surface area (Å²) in [6.45, 7) is 2.64. The van der Waals surface area contributed by atoms with Gasteiger partial charge in [-0.2, -0.15) is 5.26 Å². The number of fused-ring (bicyclic) bond motifs is 3. The maximum absolute atomic E-state index is 12.9. The molecule has 0 amide bonds. The lowest BCUT2D eigenvalue weighted by Crippen LogP contribution is -2.23. The Morgan fingerprint density at radius 2 is 2.23 bits per heavy atom. The summed E-state index contributed by atoms with van der Waals surface area (Å²) in [6.07, 6.45) is 5.89. The molecule has 0 aromatic carbocycles. The summed E-state index contributed by atoms with van der Waals surface area (Å²) in [5, 5.41) is 10.3. The minimum atomic E-state index is 0.120. The van der Waals surface area contributed by atoms with E-state index in [2.05, 4.69) is 6.07 Å². The number of nitrogens with zero attached hydrogens (tertiary/aromatic N) is 3. The minimum absolute atomic E-state index is 0.120. The molecule has 0 atom stereocenters. The molecule has 0 saturated heterocycles. The normalized spacial score (nSPS) is 14.0. The summed E-state index contributed by atoms with van der Waals surface area (Å²) in [5.74, 6) is 0.830. The van der Waals surface area contributed by atoms with Crippen molar-refractivity contribution in [1.82, 2.24) is 9.55 Å². The highest BCUT2D eigenvalue weighted by Gasteiger charge is 2.21. The fraction of sp³-hybridized carbons (Fsp3) is 0.562. The van der Waals surface area contributed by atoms with Crippen molar-refractivity contribution in [3.8, 4) is 6.07 Å². The maximum Gasteiger partial charge on any atom is 0.263 e. The molecule has 0 saturated carbocycles. The van der Waals surface area contributed by atoms with E-state index in [1.165, 1.54) is 23.3 Å². The van der Waals surface area contributed by atoms with Crippen molar-refractivity contribution >= 4 is 33.3 Å². The van der Waals surface area contributed by atoms with Crippen LogP contribution in [0.4, 0.5) is 0 Å². The van der Waals surface area contributed by atoms with E-state index in [9.17, 15) is 4.79 Å². The smallest absolute Gasteiger partial charge is 0.263 e. The first kappa shape index (κ1) is 15.6. The lowest BCUT2D eigenvalue weighted by atomic mass is 9.97. The van der Waals surface area contributed by atoms with Gasteiger partial charge in [0.1, 0.15) is 4.83 Å². The van der Waals surface area contributed by atoms with E-state index >= 15 is 0 Å². The van der Waals surface area contributed by atoms with Crippen molar-refractivity contribution in [3.63, 3.8) is 0 Å². The van der Waals surface area contributed by atoms with Gasteiger partial charge in [0.25, 0.3) is 5.56 Å². The second-order valence-electron chi connectivity index (χ2n) is 5.44. The van der Waals surface area contributed by atoms with Gasteiger partial charge in [-0.05, 0) is 44.6 Å². The number of aryl methyl sites for hydroxylation is 2. The van der Waals surface area contributed by atoms with Crippen molar-refractivity contribution in [2.45, 2.75) is 57.1 Å². The third kappa shape index (κ3) is 2.80.